The zero-order valence-electron chi connectivity index (χ0n) is 19.6. The molecule has 5 atom stereocenters. The third kappa shape index (κ3) is 4.39. The van der Waals surface area contributed by atoms with Gasteiger partial charge in [0.2, 0.25) is 0 Å². The SMILES string of the molecule is C=C1CC[C@H](O)C/C1=C/C=C1\CCC[C@]2(C)C([C@H](C)/C=C/C3(S(C)(=O)=O)CC3)CC[C@@H]12. The first-order valence-corrected chi connectivity index (χ1v) is 14.1. The van der Waals surface area contributed by atoms with Crippen LogP contribution < -0.4 is 0 Å². The van der Waals surface area contributed by atoms with Gasteiger partial charge in [0.1, 0.15) is 0 Å². The van der Waals surface area contributed by atoms with E-state index in [1.807, 2.05) is 6.08 Å². The summed E-state index contributed by atoms with van der Waals surface area (Å²) in [6.07, 6.45) is 20.1. The van der Waals surface area contributed by atoms with Crippen molar-refractivity contribution in [2.45, 2.75) is 88.9 Å². The average Bonchev–Trinajstić information content (AvgIpc) is 3.42. The van der Waals surface area contributed by atoms with Crippen molar-refractivity contribution in [1.29, 1.82) is 0 Å². The van der Waals surface area contributed by atoms with Crippen LogP contribution in [0.3, 0.4) is 0 Å². The van der Waals surface area contributed by atoms with Gasteiger partial charge in [0.05, 0.1) is 10.9 Å². The maximum Gasteiger partial charge on any atom is 0.156 e. The minimum atomic E-state index is -3.01. The molecular weight excluding hydrogens is 404 g/mol. The summed E-state index contributed by atoms with van der Waals surface area (Å²) in [6.45, 7) is 8.98. The molecule has 4 aliphatic carbocycles. The van der Waals surface area contributed by atoms with E-state index in [9.17, 15) is 13.5 Å². The fraction of sp³-hybridized carbons (Fsp3) is 0.704. The lowest BCUT2D eigenvalue weighted by molar-refractivity contribution is 0.112. The lowest BCUT2D eigenvalue weighted by Crippen LogP contribution is -2.35. The monoisotopic (exact) mass is 444 g/mol. The summed E-state index contributed by atoms with van der Waals surface area (Å²) >= 11 is 0. The molecule has 4 aliphatic rings. The molecule has 0 aliphatic heterocycles. The minimum absolute atomic E-state index is 0.225. The van der Waals surface area contributed by atoms with Crippen LogP contribution in [0, 0.1) is 23.2 Å². The molecule has 4 saturated carbocycles. The molecular formula is C27H40O3S. The van der Waals surface area contributed by atoms with Crippen LogP contribution in [0.1, 0.15) is 78.1 Å². The van der Waals surface area contributed by atoms with Crippen molar-refractivity contribution in [3.05, 3.63) is 47.6 Å². The molecule has 1 unspecified atom stereocenters. The van der Waals surface area contributed by atoms with Gasteiger partial charge >= 0.3 is 0 Å². The molecule has 0 amide bonds. The first-order valence-electron chi connectivity index (χ1n) is 12.2. The van der Waals surface area contributed by atoms with Crippen molar-refractivity contribution in [2.75, 3.05) is 6.26 Å². The summed E-state index contributed by atoms with van der Waals surface area (Å²) in [5, 5.41) is 10.0. The highest BCUT2D eigenvalue weighted by molar-refractivity contribution is 7.92. The van der Waals surface area contributed by atoms with Gasteiger partial charge in [0.15, 0.2) is 9.84 Å². The van der Waals surface area contributed by atoms with Crippen LogP contribution in [0.4, 0.5) is 0 Å². The molecule has 0 heterocycles. The topological polar surface area (TPSA) is 54.4 Å². The Morgan fingerprint density at radius 2 is 1.87 bits per heavy atom. The Labute approximate surface area is 189 Å². The van der Waals surface area contributed by atoms with E-state index in [0.717, 1.165) is 32.1 Å². The minimum Gasteiger partial charge on any atom is -0.393 e. The second kappa shape index (κ2) is 8.33. The number of aliphatic hydroxyl groups excluding tert-OH is 1. The van der Waals surface area contributed by atoms with Gasteiger partial charge in [0.25, 0.3) is 0 Å². The zero-order valence-corrected chi connectivity index (χ0v) is 20.4. The van der Waals surface area contributed by atoms with E-state index in [-0.39, 0.29) is 11.5 Å². The Morgan fingerprint density at radius 1 is 1.13 bits per heavy atom. The summed E-state index contributed by atoms with van der Waals surface area (Å²) in [5.41, 5.74) is 4.27. The summed E-state index contributed by atoms with van der Waals surface area (Å²) in [4.78, 5) is 0. The number of allylic oxidation sites excluding steroid dienone is 5. The Hall–Kier alpha value is -1.13. The molecule has 4 rings (SSSR count). The maximum atomic E-state index is 12.1. The Balaban J connectivity index is 1.51. The van der Waals surface area contributed by atoms with Gasteiger partial charge in [-0.25, -0.2) is 8.42 Å². The summed E-state index contributed by atoms with van der Waals surface area (Å²) in [6, 6.07) is 0. The fourth-order valence-electron chi connectivity index (χ4n) is 6.78. The molecule has 31 heavy (non-hydrogen) atoms. The number of fused-ring (bicyclic) bond motifs is 1. The molecule has 0 radical (unpaired) electrons. The molecule has 0 aromatic carbocycles. The van der Waals surface area contributed by atoms with Crippen LogP contribution in [0.2, 0.25) is 0 Å². The second-order valence-corrected chi connectivity index (χ2v) is 13.4. The molecule has 1 N–H and O–H groups in total. The second-order valence-electron chi connectivity index (χ2n) is 11.1. The van der Waals surface area contributed by atoms with E-state index in [1.54, 1.807) is 5.57 Å². The van der Waals surface area contributed by atoms with E-state index in [0.29, 0.717) is 17.8 Å². The van der Waals surface area contributed by atoms with Gasteiger partial charge in [-0.3, -0.25) is 0 Å². The summed E-state index contributed by atoms with van der Waals surface area (Å²) in [7, 11) is -3.01. The average molecular weight is 445 g/mol. The standard InChI is InChI=1S/C27H40O3S/c1-19-7-10-23(28)18-22(19)9-8-21-6-5-14-26(3)24(11-12-25(21)26)20(2)13-15-27(16-17-27)31(4,29)30/h8-9,13,15,20,23-25,28H,1,5-7,10-12,14,16-18H2,2-4H3/b15-13+,21-8+,22-9-/t20-,23+,24?,25+,26-/m1/s1. The fourth-order valence-corrected chi connectivity index (χ4v) is 7.95. The number of aliphatic hydroxyl groups is 1. The van der Waals surface area contributed by atoms with Crippen LogP contribution in [-0.2, 0) is 9.84 Å². The number of rotatable bonds is 5. The quantitative estimate of drug-likeness (QED) is 0.535. The molecule has 0 bridgehead atoms. The van der Waals surface area contributed by atoms with Crippen molar-refractivity contribution in [3.8, 4) is 0 Å². The van der Waals surface area contributed by atoms with Gasteiger partial charge in [-0.15, -0.1) is 0 Å². The third-order valence-corrected chi connectivity index (χ3v) is 11.1. The third-order valence-electron chi connectivity index (χ3n) is 9.04. The van der Waals surface area contributed by atoms with Crippen LogP contribution in [0.25, 0.3) is 0 Å². The highest BCUT2D eigenvalue weighted by atomic mass is 32.2. The Bertz CT molecular complexity index is 918. The first-order chi connectivity index (χ1) is 14.6. The van der Waals surface area contributed by atoms with E-state index in [2.05, 4.69) is 38.7 Å². The highest BCUT2D eigenvalue weighted by Gasteiger charge is 2.52. The summed E-state index contributed by atoms with van der Waals surface area (Å²) in [5.74, 6) is 1.62. The molecule has 4 heteroatoms. The highest BCUT2D eigenvalue weighted by Crippen LogP contribution is 2.59. The molecule has 4 fully saturated rings. The zero-order chi connectivity index (χ0) is 22.4. The largest absolute Gasteiger partial charge is 0.393 e. The lowest BCUT2D eigenvalue weighted by atomic mass is 9.61. The number of sulfone groups is 1. The number of hydrogen-bond donors (Lipinski definition) is 1. The van der Waals surface area contributed by atoms with E-state index in [1.165, 1.54) is 49.5 Å². The van der Waals surface area contributed by atoms with E-state index < -0.39 is 14.6 Å². The molecule has 3 nitrogen and oxygen atoms in total. The molecule has 172 valence electrons. The Morgan fingerprint density at radius 3 is 2.55 bits per heavy atom. The van der Waals surface area contributed by atoms with Gasteiger partial charge < -0.3 is 5.11 Å². The molecule has 0 aromatic rings. The smallest absolute Gasteiger partial charge is 0.156 e. The van der Waals surface area contributed by atoms with Crippen molar-refractivity contribution >= 4 is 9.84 Å². The maximum absolute atomic E-state index is 12.1. The predicted octanol–water partition coefficient (Wildman–Crippen LogP) is 5.93. The van der Waals surface area contributed by atoms with Gasteiger partial charge in [-0.2, -0.15) is 0 Å². The Kier molecular flexibility index (Phi) is 6.20. The van der Waals surface area contributed by atoms with Crippen molar-refractivity contribution < 1.29 is 13.5 Å². The molecule has 0 spiro atoms. The molecule has 0 saturated heterocycles. The van der Waals surface area contributed by atoms with Gasteiger partial charge in [0, 0.05) is 6.26 Å². The van der Waals surface area contributed by atoms with Crippen LogP contribution in [0.15, 0.2) is 47.6 Å². The van der Waals surface area contributed by atoms with Crippen LogP contribution in [0.5, 0.6) is 0 Å². The van der Waals surface area contributed by atoms with Crippen molar-refractivity contribution in [2.24, 2.45) is 23.2 Å². The van der Waals surface area contributed by atoms with Gasteiger partial charge in [-0.05, 0) is 93.0 Å². The van der Waals surface area contributed by atoms with E-state index >= 15 is 0 Å². The predicted molar refractivity (Wildman–Crippen MR) is 128 cm³/mol. The summed E-state index contributed by atoms with van der Waals surface area (Å²) < 4.78 is 23.7. The number of hydrogen-bond acceptors (Lipinski definition) is 3. The van der Waals surface area contributed by atoms with Crippen molar-refractivity contribution in [1.82, 2.24) is 0 Å². The lowest BCUT2D eigenvalue weighted by Gasteiger charge is -2.44. The normalized spacial score (nSPS) is 39.2. The van der Waals surface area contributed by atoms with Crippen LogP contribution in [-0.4, -0.2) is 30.6 Å². The van der Waals surface area contributed by atoms with Crippen molar-refractivity contribution in [3.63, 3.8) is 0 Å². The first kappa shape index (κ1) is 23.0. The van der Waals surface area contributed by atoms with Gasteiger partial charge in [-0.1, -0.05) is 55.9 Å². The molecule has 0 aromatic heterocycles. The van der Waals surface area contributed by atoms with Crippen LogP contribution >= 0.6 is 0 Å². The van der Waals surface area contributed by atoms with E-state index in [4.69, 9.17) is 0 Å².